The number of amides is 1. The second kappa shape index (κ2) is 5.58. The average Bonchev–Trinajstić information content (AvgIpc) is 2.20. The lowest BCUT2D eigenvalue weighted by Crippen LogP contribution is -2.15. The summed E-state index contributed by atoms with van der Waals surface area (Å²) in [4.78, 5) is 11.6. The van der Waals surface area contributed by atoms with Crippen LogP contribution in [0.2, 0.25) is 0 Å². The second-order valence-electron chi connectivity index (χ2n) is 5.30. The molecule has 0 aliphatic rings. The fraction of sp³-hybridized carbons (Fsp3) is 0.500. The third-order valence-electron chi connectivity index (χ3n) is 2.72. The Morgan fingerprint density at radius 1 is 1.35 bits per heavy atom. The lowest BCUT2D eigenvalue weighted by Gasteiger charge is -2.21. The van der Waals surface area contributed by atoms with Crippen molar-refractivity contribution in [2.24, 2.45) is 0 Å². The van der Waals surface area contributed by atoms with Crippen molar-refractivity contribution in [3.63, 3.8) is 0 Å². The summed E-state index contributed by atoms with van der Waals surface area (Å²) in [7, 11) is 0. The molecule has 0 spiro atoms. The summed E-state index contributed by atoms with van der Waals surface area (Å²) in [6, 6.07) is 6.23. The summed E-state index contributed by atoms with van der Waals surface area (Å²) in [6.07, 6.45) is 0.447. The molecule has 94 valence electrons. The van der Waals surface area contributed by atoms with Gasteiger partial charge < -0.3 is 5.32 Å². The lowest BCUT2D eigenvalue weighted by atomic mass is 9.86. The van der Waals surface area contributed by atoms with Crippen LogP contribution >= 0.6 is 12.6 Å². The SMILES string of the molecule is Cc1ccc(C(C)(C)C)cc1NC(=O)CCS. The Kier molecular flexibility index (Phi) is 4.63. The minimum atomic E-state index is 0.0224. The third kappa shape index (κ3) is 4.08. The molecule has 1 amide bonds. The zero-order valence-corrected chi connectivity index (χ0v) is 11.9. The average molecular weight is 251 g/mol. The number of anilines is 1. The summed E-state index contributed by atoms with van der Waals surface area (Å²) >= 11 is 4.06. The van der Waals surface area contributed by atoms with E-state index in [9.17, 15) is 4.79 Å². The van der Waals surface area contributed by atoms with Gasteiger partial charge in [0.1, 0.15) is 0 Å². The van der Waals surface area contributed by atoms with Crippen molar-refractivity contribution in [3.05, 3.63) is 29.3 Å². The van der Waals surface area contributed by atoms with Crippen LogP contribution < -0.4 is 5.32 Å². The summed E-state index contributed by atoms with van der Waals surface area (Å²) < 4.78 is 0. The Labute approximate surface area is 109 Å². The molecule has 0 heterocycles. The van der Waals surface area contributed by atoms with Gasteiger partial charge in [0.2, 0.25) is 5.91 Å². The predicted molar refractivity (Wildman–Crippen MR) is 77.0 cm³/mol. The molecule has 0 aromatic heterocycles. The van der Waals surface area contributed by atoms with E-state index in [2.05, 4.69) is 56.9 Å². The maximum Gasteiger partial charge on any atom is 0.225 e. The van der Waals surface area contributed by atoms with Crippen LogP contribution in [0.15, 0.2) is 18.2 Å². The number of carbonyl (C=O) groups excluding carboxylic acids is 1. The van der Waals surface area contributed by atoms with Crippen molar-refractivity contribution in [3.8, 4) is 0 Å². The number of nitrogens with one attached hydrogen (secondary N) is 1. The van der Waals surface area contributed by atoms with Crippen molar-refractivity contribution >= 4 is 24.2 Å². The van der Waals surface area contributed by atoms with Crippen molar-refractivity contribution in [1.82, 2.24) is 0 Å². The van der Waals surface area contributed by atoms with E-state index in [1.165, 1.54) is 5.56 Å². The third-order valence-corrected chi connectivity index (χ3v) is 2.94. The minimum absolute atomic E-state index is 0.0224. The molecular formula is C14H21NOS. The van der Waals surface area contributed by atoms with Crippen LogP contribution in [-0.2, 0) is 10.2 Å². The van der Waals surface area contributed by atoms with Crippen LogP contribution in [0.4, 0.5) is 5.69 Å². The number of aryl methyl sites for hydroxylation is 1. The van der Waals surface area contributed by atoms with Gasteiger partial charge in [-0.05, 0) is 35.3 Å². The van der Waals surface area contributed by atoms with E-state index >= 15 is 0 Å². The smallest absolute Gasteiger partial charge is 0.225 e. The number of benzene rings is 1. The zero-order chi connectivity index (χ0) is 13.1. The van der Waals surface area contributed by atoms with Crippen molar-refractivity contribution in [2.75, 3.05) is 11.1 Å². The first-order valence-electron chi connectivity index (χ1n) is 5.86. The van der Waals surface area contributed by atoms with Gasteiger partial charge in [-0.3, -0.25) is 4.79 Å². The zero-order valence-electron chi connectivity index (χ0n) is 11.0. The lowest BCUT2D eigenvalue weighted by molar-refractivity contribution is -0.115. The summed E-state index contributed by atoms with van der Waals surface area (Å²) in [6.45, 7) is 8.49. The number of rotatable bonds is 3. The fourth-order valence-electron chi connectivity index (χ4n) is 1.54. The topological polar surface area (TPSA) is 29.1 Å². The fourth-order valence-corrected chi connectivity index (χ4v) is 1.74. The molecule has 0 atom stereocenters. The van der Waals surface area contributed by atoms with E-state index in [4.69, 9.17) is 0 Å². The molecule has 1 N–H and O–H groups in total. The van der Waals surface area contributed by atoms with Gasteiger partial charge in [-0.15, -0.1) is 0 Å². The first-order valence-corrected chi connectivity index (χ1v) is 6.49. The molecule has 0 saturated heterocycles. The Bertz CT molecular complexity index is 407. The summed E-state index contributed by atoms with van der Waals surface area (Å²) in [5, 5.41) is 2.94. The molecule has 0 bridgehead atoms. The Morgan fingerprint density at radius 2 is 2.00 bits per heavy atom. The minimum Gasteiger partial charge on any atom is -0.326 e. The van der Waals surface area contributed by atoms with Gasteiger partial charge in [0.15, 0.2) is 0 Å². The number of hydrogen-bond acceptors (Lipinski definition) is 2. The van der Waals surface area contributed by atoms with Gasteiger partial charge in [0, 0.05) is 12.1 Å². The molecule has 0 aliphatic heterocycles. The molecule has 1 aromatic rings. The van der Waals surface area contributed by atoms with Crippen molar-refractivity contribution < 1.29 is 4.79 Å². The molecule has 0 saturated carbocycles. The number of hydrogen-bond donors (Lipinski definition) is 2. The van der Waals surface area contributed by atoms with Gasteiger partial charge in [0.25, 0.3) is 0 Å². The molecule has 0 unspecified atom stereocenters. The first-order chi connectivity index (χ1) is 7.84. The predicted octanol–water partition coefficient (Wildman–Crippen LogP) is 3.55. The molecular weight excluding hydrogens is 230 g/mol. The summed E-state index contributed by atoms with van der Waals surface area (Å²) in [5.74, 6) is 0.596. The standard InChI is InChI=1S/C14H21NOS/c1-10-5-6-11(14(2,3)4)9-12(10)15-13(16)7-8-17/h5-6,9,17H,7-8H2,1-4H3,(H,15,16). The quantitative estimate of drug-likeness (QED) is 0.790. The van der Waals surface area contributed by atoms with Crippen LogP contribution in [0.25, 0.3) is 0 Å². The molecule has 17 heavy (non-hydrogen) atoms. The highest BCUT2D eigenvalue weighted by Gasteiger charge is 2.15. The van der Waals surface area contributed by atoms with E-state index in [1.54, 1.807) is 0 Å². The normalized spacial score (nSPS) is 11.4. The monoisotopic (exact) mass is 251 g/mol. The van der Waals surface area contributed by atoms with Crippen LogP contribution in [0.3, 0.4) is 0 Å². The first kappa shape index (κ1) is 14.1. The highest BCUT2D eigenvalue weighted by atomic mass is 32.1. The Hall–Kier alpha value is -0.960. The van der Waals surface area contributed by atoms with Gasteiger partial charge in [-0.25, -0.2) is 0 Å². The molecule has 3 heteroatoms. The highest BCUT2D eigenvalue weighted by molar-refractivity contribution is 7.80. The number of thiol groups is 1. The van der Waals surface area contributed by atoms with Gasteiger partial charge >= 0.3 is 0 Å². The molecule has 0 fully saturated rings. The van der Waals surface area contributed by atoms with Crippen LogP contribution in [0, 0.1) is 6.92 Å². The van der Waals surface area contributed by atoms with E-state index in [1.807, 2.05) is 6.92 Å². The highest BCUT2D eigenvalue weighted by Crippen LogP contribution is 2.26. The second-order valence-corrected chi connectivity index (χ2v) is 5.75. The van der Waals surface area contributed by atoms with Crippen LogP contribution in [0.5, 0.6) is 0 Å². The Morgan fingerprint density at radius 3 is 2.53 bits per heavy atom. The van der Waals surface area contributed by atoms with E-state index in [0.29, 0.717) is 12.2 Å². The van der Waals surface area contributed by atoms with Gasteiger partial charge in [-0.2, -0.15) is 12.6 Å². The van der Waals surface area contributed by atoms with Crippen LogP contribution in [0.1, 0.15) is 38.3 Å². The van der Waals surface area contributed by atoms with E-state index < -0.39 is 0 Å². The van der Waals surface area contributed by atoms with Crippen molar-refractivity contribution in [1.29, 1.82) is 0 Å². The molecule has 1 rings (SSSR count). The molecule has 2 nitrogen and oxygen atoms in total. The number of carbonyl (C=O) groups is 1. The molecule has 0 radical (unpaired) electrons. The largest absolute Gasteiger partial charge is 0.326 e. The molecule has 0 aliphatic carbocycles. The maximum atomic E-state index is 11.6. The van der Waals surface area contributed by atoms with Gasteiger partial charge in [0.05, 0.1) is 0 Å². The molecule has 1 aromatic carbocycles. The van der Waals surface area contributed by atoms with E-state index in [-0.39, 0.29) is 11.3 Å². The van der Waals surface area contributed by atoms with E-state index in [0.717, 1.165) is 11.3 Å². The Balaban J connectivity index is 2.95. The van der Waals surface area contributed by atoms with Gasteiger partial charge in [-0.1, -0.05) is 32.9 Å². The maximum absolute atomic E-state index is 11.6. The van der Waals surface area contributed by atoms with Crippen LogP contribution in [-0.4, -0.2) is 11.7 Å². The van der Waals surface area contributed by atoms with Crippen molar-refractivity contribution in [2.45, 2.75) is 39.5 Å². The summed E-state index contributed by atoms with van der Waals surface area (Å²) in [5.41, 5.74) is 3.32.